The molecule has 1 rings (SSSR count). The van der Waals surface area contributed by atoms with Crippen LogP contribution in [0.15, 0.2) is 18.2 Å². The van der Waals surface area contributed by atoms with E-state index in [2.05, 4.69) is 12.2 Å². The van der Waals surface area contributed by atoms with Crippen molar-refractivity contribution in [3.05, 3.63) is 61.4 Å². The summed E-state index contributed by atoms with van der Waals surface area (Å²) >= 11 is 0. The van der Waals surface area contributed by atoms with E-state index in [-0.39, 0.29) is 57.2 Å². The molecule has 0 aliphatic heterocycles. The van der Waals surface area contributed by atoms with E-state index in [1.807, 2.05) is 12.2 Å². The quantitative estimate of drug-likeness (QED) is 0.639. The summed E-state index contributed by atoms with van der Waals surface area (Å²) in [5.41, 5.74) is 0. The summed E-state index contributed by atoms with van der Waals surface area (Å²) in [6, 6.07) is 0. The van der Waals surface area contributed by atoms with Crippen LogP contribution in [-0.2, 0) is 24.9 Å². The smallest absolute Gasteiger partial charge is 0.300 e. The second-order valence-electron chi connectivity index (χ2n) is 1.52. The molecular formula is C12H24IrO2-6. The number of allylic oxidation sites excluding steroid dienone is 4. The third-order valence-electron chi connectivity index (χ3n) is 0.586. The van der Waals surface area contributed by atoms with Crippen LogP contribution in [0.5, 0.6) is 0 Å². The molecule has 0 amide bonds. The topological polar surface area (TPSA) is 37.3 Å². The van der Waals surface area contributed by atoms with Gasteiger partial charge in [0, 0.05) is 27.0 Å². The molecule has 0 bridgehead atoms. The molecule has 15 heavy (non-hydrogen) atoms. The maximum Gasteiger partial charge on any atom is 0.300 e. The van der Waals surface area contributed by atoms with E-state index in [9.17, 15) is 0 Å². The Kier molecular flexibility index (Phi) is 117. The first-order valence-electron chi connectivity index (χ1n) is 2.64. The maximum absolute atomic E-state index is 9.00. The number of carboxylic acids is 1. The summed E-state index contributed by atoms with van der Waals surface area (Å²) in [6.07, 6.45) is 10.0. The Bertz CT molecular complexity index is 127. The van der Waals surface area contributed by atoms with Gasteiger partial charge in [-0.05, 0) is 0 Å². The molecule has 0 atom stereocenters. The summed E-state index contributed by atoms with van der Waals surface area (Å²) < 4.78 is 0. The van der Waals surface area contributed by atoms with Gasteiger partial charge >= 0.3 is 0 Å². The van der Waals surface area contributed by atoms with Gasteiger partial charge in [-0.25, -0.2) is 12.2 Å². The molecule has 1 aliphatic rings. The summed E-state index contributed by atoms with van der Waals surface area (Å²) in [5.74, 6) is -0.833. The molecule has 0 aromatic rings. The standard InChI is InChI=1S/C5H5.C2H4O2.5CH3.Ir/c1-2-4-5-3-1;1-2(3)4;;;;;;/h1-3H,4H2;1H3,(H,3,4);5*1H3;/q-1;;5*-1;. The molecule has 1 N–H and O–H groups in total. The van der Waals surface area contributed by atoms with Crippen molar-refractivity contribution in [3.63, 3.8) is 0 Å². The minimum atomic E-state index is -0.833. The minimum absolute atomic E-state index is 0. The molecule has 99 valence electrons. The molecule has 1 aliphatic carbocycles. The van der Waals surface area contributed by atoms with Gasteiger partial charge in [-0.15, -0.1) is 6.42 Å². The number of aliphatic carboxylic acids is 1. The Morgan fingerprint density at radius 1 is 1.20 bits per heavy atom. The van der Waals surface area contributed by atoms with Crippen molar-refractivity contribution in [1.82, 2.24) is 0 Å². The van der Waals surface area contributed by atoms with E-state index in [4.69, 9.17) is 9.90 Å². The van der Waals surface area contributed by atoms with E-state index < -0.39 is 5.97 Å². The SMILES string of the molecule is CC(=O)O.[C-]1=CC=CC1.[CH3-].[CH3-].[CH3-].[CH3-].[CH3-].[Ir]. The van der Waals surface area contributed by atoms with Gasteiger partial charge in [0.1, 0.15) is 0 Å². The molecule has 0 aromatic heterocycles. The summed E-state index contributed by atoms with van der Waals surface area (Å²) in [4.78, 5) is 9.00. The first kappa shape index (κ1) is 46.8. The molecule has 3 heteroatoms. The van der Waals surface area contributed by atoms with E-state index >= 15 is 0 Å². The van der Waals surface area contributed by atoms with Crippen LogP contribution in [0, 0.1) is 43.2 Å². The predicted molar refractivity (Wildman–Crippen MR) is 66.9 cm³/mol. The van der Waals surface area contributed by atoms with Gasteiger partial charge in [0.05, 0.1) is 0 Å². The van der Waals surface area contributed by atoms with Gasteiger partial charge in [-0.3, -0.25) is 10.9 Å². The van der Waals surface area contributed by atoms with E-state index in [0.717, 1.165) is 13.3 Å². The van der Waals surface area contributed by atoms with Crippen LogP contribution >= 0.6 is 0 Å². The molecular weight excluding hydrogens is 368 g/mol. The maximum atomic E-state index is 9.00. The molecule has 0 spiro atoms. The molecule has 1 radical (unpaired) electrons. The molecule has 0 saturated carbocycles. The third kappa shape index (κ3) is 86.5. The first-order valence-corrected chi connectivity index (χ1v) is 2.64. The Morgan fingerprint density at radius 2 is 1.53 bits per heavy atom. The van der Waals surface area contributed by atoms with Crippen LogP contribution in [0.1, 0.15) is 13.3 Å². The fourth-order valence-electron chi connectivity index (χ4n) is 0.340. The van der Waals surface area contributed by atoms with Gasteiger partial charge in [0.25, 0.3) is 5.97 Å². The number of hydrogen-bond donors (Lipinski definition) is 1. The van der Waals surface area contributed by atoms with E-state index in [1.165, 1.54) is 0 Å². The van der Waals surface area contributed by atoms with E-state index in [1.54, 1.807) is 0 Å². The number of hydrogen-bond acceptors (Lipinski definition) is 1. The van der Waals surface area contributed by atoms with E-state index in [0.29, 0.717) is 0 Å². The van der Waals surface area contributed by atoms with Crippen molar-refractivity contribution >= 4 is 5.97 Å². The number of carboxylic acid groups (broad SMARTS) is 1. The van der Waals surface area contributed by atoms with Crippen molar-refractivity contribution in [3.8, 4) is 0 Å². The molecule has 0 aromatic carbocycles. The van der Waals surface area contributed by atoms with Gasteiger partial charge in [0.2, 0.25) is 0 Å². The Hall–Kier alpha value is -0.401. The van der Waals surface area contributed by atoms with Crippen LogP contribution in [-0.4, -0.2) is 11.1 Å². The van der Waals surface area contributed by atoms with Gasteiger partial charge in [-0.2, -0.15) is 6.08 Å². The molecule has 0 heterocycles. The third-order valence-corrected chi connectivity index (χ3v) is 0.586. The first-order chi connectivity index (χ1) is 4.23. The molecule has 0 saturated heterocycles. The zero-order valence-corrected chi connectivity index (χ0v) is 13.0. The normalized spacial score (nSPS) is 7.53. The molecule has 0 unspecified atom stereocenters. The minimum Gasteiger partial charge on any atom is -0.481 e. The van der Waals surface area contributed by atoms with Gasteiger partial charge in [0.15, 0.2) is 0 Å². The average Bonchev–Trinajstić information content (AvgIpc) is 2.11. The van der Waals surface area contributed by atoms with Crippen molar-refractivity contribution in [1.29, 1.82) is 0 Å². The predicted octanol–water partition coefficient (Wildman–Crippen LogP) is 3.65. The monoisotopic (exact) mass is 393 g/mol. The second kappa shape index (κ2) is 37.4. The summed E-state index contributed by atoms with van der Waals surface area (Å²) in [5, 5.41) is 7.42. The largest absolute Gasteiger partial charge is 0.481 e. The zero-order valence-electron chi connectivity index (χ0n) is 10.6. The van der Waals surface area contributed by atoms with Gasteiger partial charge < -0.3 is 42.2 Å². The Morgan fingerprint density at radius 3 is 1.60 bits per heavy atom. The van der Waals surface area contributed by atoms with Crippen molar-refractivity contribution in [2.45, 2.75) is 13.3 Å². The average molecular weight is 393 g/mol. The van der Waals surface area contributed by atoms with Crippen LogP contribution in [0.25, 0.3) is 0 Å². The Balaban J connectivity index is -0.0000000124. The van der Waals surface area contributed by atoms with Crippen LogP contribution < -0.4 is 0 Å². The fourth-order valence-corrected chi connectivity index (χ4v) is 0.340. The second-order valence-corrected chi connectivity index (χ2v) is 1.52. The number of carbonyl (C=O) groups is 1. The van der Waals surface area contributed by atoms with Crippen molar-refractivity contribution in [2.24, 2.45) is 0 Å². The van der Waals surface area contributed by atoms with Crippen LogP contribution in [0.3, 0.4) is 0 Å². The fraction of sp³-hybridized carbons (Fsp3) is 0.167. The molecule has 2 nitrogen and oxygen atoms in total. The summed E-state index contributed by atoms with van der Waals surface area (Å²) in [6.45, 7) is 1.08. The van der Waals surface area contributed by atoms with Gasteiger partial charge in [-0.1, -0.05) is 0 Å². The zero-order chi connectivity index (χ0) is 7.11. The van der Waals surface area contributed by atoms with Crippen LogP contribution in [0.2, 0.25) is 0 Å². The Labute approximate surface area is 111 Å². The van der Waals surface area contributed by atoms with Crippen molar-refractivity contribution < 1.29 is 30.0 Å². The molecule has 0 fully saturated rings. The number of rotatable bonds is 0. The van der Waals surface area contributed by atoms with Crippen LogP contribution in [0.4, 0.5) is 0 Å². The summed E-state index contributed by atoms with van der Waals surface area (Å²) in [7, 11) is 0. The van der Waals surface area contributed by atoms with Crippen molar-refractivity contribution in [2.75, 3.05) is 0 Å².